The molecule has 0 bridgehead atoms. The molecule has 2 fully saturated rings. The lowest BCUT2D eigenvalue weighted by Gasteiger charge is -2.33. The average molecular weight is 651 g/mol. The summed E-state index contributed by atoms with van der Waals surface area (Å²) in [6.45, 7) is 10.5. The smallest absolute Gasteiger partial charge is 0.262 e. The summed E-state index contributed by atoms with van der Waals surface area (Å²) >= 11 is 0. The standard InChI is InChI=1S/C37H54N4O6/c1-3-40-19-13-29(14-20-40)31-24-27(8-10-32(31)42)15-22-46-23-16-35(45)41(26(2)28-6-4-5-7-28)21-18-38-17-12-30-9-11-33(43)36-37(30)47-25-34(44)39-36/h8-11,24,26,28-29,38,42-43H,3-7,12-23,25H2,1-2H3,(H,39,44). The van der Waals surface area contributed by atoms with Crippen LogP contribution >= 0.6 is 0 Å². The quantitative estimate of drug-likeness (QED) is 0.151. The lowest BCUT2D eigenvalue weighted by Crippen LogP contribution is -2.46. The topological polar surface area (TPSA) is 124 Å². The maximum absolute atomic E-state index is 13.5. The van der Waals surface area contributed by atoms with Crippen molar-refractivity contribution in [3.63, 3.8) is 0 Å². The largest absolute Gasteiger partial charge is 0.508 e. The molecule has 1 atom stereocenters. The molecule has 4 N–H and O–H groups in total. The number of benzene rings is 2. The number of amides is 2. The van der Waals surface area contributed by atoms with Gasteiger partial charge in [-0.15, -0.1) is 0 Å². The van der Waals surface area contributed by atoms with Gasteiger partial charge in [-0.05, 0) is 112 Å². The molecule has 258 valence electrons. The number of anilines is 1. The van der Waals surface area contributed by atoms with E-state index >= 15 is 0 Å². The number of hydrogen-bond acceptors (Lipinski definition) is 8. The van der Waals surface area contributed by atoms with Gasteiger partial charge in [-0.2, -0.15) is 0 Å². The molecule has 2 heterocycles. The maximum atomic E-state index is 13.5. The average Bonchev–Trinajstić information content (AvgIpc) is 3.63. The number of ether oxygens (including phenoxy) is 2. The number of carbonyl (C=O) groups excluding carboxylic acids is 2. The number of aromatic hydroxyl groups is 2. The van der Waals surface area contributed by atoms with Crippen molar-refractivity contribution in [2.24, 2.45) is 5.92 Å². The highest BCUT2D eigenvalue weighted by atomic mass is 16.5. The molecular formula is C37H54N4O6. The monoisotopic (exact) mass is 650 g/mol. The van der Waals surface area contributed by atoms with Gasteiger partial charge >= 0.3 is 0 Å². The van der Waals surface area contributed by atoms with Crippen LogP contribution in [0.4, 0.5) is 5.69 Å². The van der Waals surface area contributed by atoms with Crippen LogP contribution in [-0.2, 0) is 27.2 Å². The van der Waals surface area contributed by atoms with E-state index in [2.05, 4.69) is 35.4 Å². The molecule has 5 rings (SSSR count). The molecule has 2 amide bonds. The molecule has 1 unspecified atom stereocenters. The second-order valence-corrected chi connectivity index (χ2v) is 13.4. The summed E-state index contributed by atoms with van der Waals surface area (Å²) in [6.07, 6.45) is 8.73. The first-order valence-corrected chi connectivity index (χ1v) is 17.7. The minimum absolute atomic E-state index is 0.00309. The second-order valence-electron chi connectivity index (χ2n) is 13.4. The van der Waals surface area contributed by atoms with Crippen LogP contribution < -0.4 is 15.4 Å². The highest BCUT2D eigenvalue weighted by Crippen LogP contribution is 2.39. The van der Waals surface area contributed by atoms with Gasteiger partial charge in [0, 0.05) is 19.1 Å². The summed E-state index contributed by atoms with van der Waals surface area (Å²) in [7, 11) is 0. The molecule has 1 saturated heterocycles. The molecule has 0 radical (unpaired) electrons. The Bertz CT molecular complexity index is 1340. The van der Waals surface area contributed by atoms with E-state index in [4.69, 9.17) is 9.47 Å². The molecule has 1 aliphatic carbocycles. The summed E-state index contributed by atoms with van der Waals surface area (Å²) in [5.74, 6) is 1.70. The Morgan fingerprint density at radius 2 is 1.83 bits per heavy atom. The summed E-state index contributed by atoms with van der Waals surface area (Å²) in [6, 6.07) is 9.54. The molecule has 10 nitrogen and oxygen atoms in total. The van der Waals surface area contributed by atoms with Crippen molar-refractivity contribution in [3.05, 3.63) is 47.0 Å². The highest BCUT2D eigenvalue weighted by molar-refractivity contribution is 5.97. The fraction of sp³-hybridized carbons (Fsp3) is 0.622. The lowest BCUT2D eigenvalue weighted by atomic mass is 9.87. The first kappa shape index (κ1) is 35.0. The third-order valence-electron chi connectivity index (χ3n) is 10.4. The third kappa shape index (κ3) is 9.39. The predicted molar refractivity (Wildman–Crippen MR) is 183 cm³/mol. The molecule has 2 aromatic carbocycles. The van der Waals surface area contributed by atoms with E-state index in [1.165, 1.54) is 25.7 Å². The van der Waals surface area contributed by atoms with Gasteiger partial charge in [-0.1, -0.05) is 38.0 Å². The zero-order chi connectivity index (χ0) is 33.2. The summed E-state index contributed by atoms with van der Waals surface area (Å²) in [4.78, 5) is 29.7. The van der Waals surface area contributed by atoms with Crippen LogP contribution in [0.2, 0.25) is 0 Å². The number of nitrogens with zero attached hydrogens (tertiary/aromatic N) is 2. The van der Waals surface area contributed by atoms with Gasteiger partial charge < -0.3 is 40.1 Å². The summed E-state index contributed by atoms with van der Waals surface area (Å²) < 4.78 is 11.6. The predicted octanol–water partition coefficient (Wildman–Crippen LogP) is 4.82. The van der Waals surface area contributed by atoms with Crippen LogP contribution in [0.3, 0.4) is 0 Å². The Hall–Kier alpha value is -3.34. The van der Waals surface area contributed by atoms with E-state index < -0.39 is 0 Å². The molecule has 0 spiro atoms. The minimum atomic E-state index is -0.278. The number of carbonyl (C=O) groups is 2. The second kappa shape index (κ2) is 17.2. The van der Waals surface area contributed by atoms with Gasteiger partial charge in [0.1, 0.15) is 17.2 Å². The van der Waals surface area contributed by atoms with Gasteiger partial charge in [0.25, 0.3) is 5.91 Å². The zero-order valence-corrected chi connectivity index (χ0v) is 28.3. The van der Waals surface area contributed by atoms with E-state index in [1.807, 2.05) is 23.1 Å². The van der Waals surface area contributed by atoms with Crippen LogP contribution in [0.15, 0.2) is 30.3 Å². The number of nitrogens with one attached hydrogen (secondary N) is 2. The van der Waals surface area contributed by atoms with Crippen molar-refractivity contribution in [2.45, 2.75) is 83.6 Å². The van der Waals surface area contributed by atoms with E-state index in [-0.39, 0.29) is 30.2 Å². The third-order valence-corrected chi connectivity index (χ3v) is 10.4. The molecule has 2 aromatic rings. The Morgan fingerprint density at radius 3 is 2.60 bits per heavy atom. The van der Waals surface area contributed by atoms with Crippen molar-refractivity contribution >= 4 is 17.5 Å². The number of fused-ring (bicyclic) bond motifs is 1. The van der Waals surface area contributed by atoms with Crippen molar-refractivity contribution in [2.75, 3.05) is 64.4 Å². The molecule has 47 heavy (non-hydrogen) atoms. The Labute approximate surface area is 279 Å². The molecule has 0 aromatic heterocycles. The fourth-order valence-corrected chi connectivity index (χ4v) is 7.45. The number of piperidine rings is 1. The van der Waals surface area contributed by atoms with Gasteiger partial charge in [0.15, 0.2) is 12.4 Å². The minimum Gasteiger partial charge on any atom is -0.508 e. The zero-order valence-electron chi connectivity index (χ0n) is 28.3. The van der Waals surface area contributed by atoms with E-state index in [1.54, 1.807) is 6.07 Å². The van der Waals surface area contributed by atoms with Crippen molar-refractivity contribution in [1.29, 1.82) is 0 Å². The maximum Gasteiger partial charge on any atom is 0.262 e. The SMILES string of the molecule is CCN1CCC(c2cc(CCOCCC(=O)N(CCNCCc3ccc(O)c4c3OCC(=O)N4)C(C)C3CCCC3)ccc2O)CC1. The fourth-order valence-electron chi connectivity index (χ4n) is 7.45. The Kier molecular flexibility index (Phi) is 12.8. The molecule has 1 saturated carbocycles. The first-order valence-electron chi connectivity index (χ1n) is 17.7. The van der Waals surface area contributed by atoms with Crippen molar-refractivity contribution in [3.8, 4) is 17.2 Å². The van der Waals surface area contributed by atoms with Crippen LogP contribution in [0.1, 0.15) is 81.4 Å². The van der Waals surface area contributed by atoms with Crippen LogP contribution in [0.5, 0.6) is 17.2 Å². The van der Waals surface area contributed by atoms with Gasteiger partial charge in [-0.3, -0.25) is 9.59 Å². The van der Waals surface area contributed by atoms with Gasteiger partial charge in [0.2, 0.25) is 5.91 Å². The number of phenolic OH excluding ortho intramolecular Hbond substituents is 2. The number of likely N-dealkylation sites (tertiary alicyclic amines) is 1. The first-order chi connectivity index (χ1) is 22.8. The highest BCUT2D eigenvalue weighted by Gasteiger charge is 2.29. The van der Waals surface area contributed by atoms with Crippen molar-refractivity contribution in [1.82, 2.24) is 15.1 Å². The van der Waals surface area contributed by atoms with E-state index in [0.717, 1.165) is 55.6 Å². The summed E-state index contributed by atoms with van der Waals surface area (Å²) in [5, 5.41) is 26.8. The van der Waals surface area contributed by atoms with Crippen LogP contribution in [0.25, 0.3) is 0 Å². The number of hydrogen-bond donors (Lipinski definition) is 4. The Balaban J connectivity index is 1.06. The molecular weight excluding hydrogens is 596 g/mol. The number of rotatable bonds is 16. The van der Waals surface area contributed by atoms with Crippen molar-refractivity contribution < 1.29 is 29.3 Å². The molecule has 3 aliphatic rings. The van der Waals surface area contributed by atoms with Gasteiger partial charge in [-0.25, -0.2) is 0 Å². The lowest BCUT2D eigenvalue weighted by molar-refractivity contribution is -0.135. The number of phenols is 2. The van der Waals surface area contributed by atoms with Gasteiger partial charge in [0.05, 0.1) is 19.6 Å². The van der Waals surface area contributed by atoms with Crippen LogP contribution in [-0.4, -0.2) is 97.0 Å². The van der Waals surface area contributed by atoms with Crippen LogP contribution in [0, 0.1) is 5.92 Å². The Morgan fingerprint density at radius 1 is 1.06 bits per heavy atom. The normalized spacial score (nSPS) is 18.0. The van der Waals surface area contributed by atoms with E-state index in [0.29, 0.717) is 74.7 Å². The molecule has 2 aliphatic heterocycles. The summed E-state index contributed by atoms with van der Waals surface area (Å²) in [5.41, 5.74) is 3.46. The molecule has 10 heteroatoms. The van der Waals surface area contributed by atoms with E-state index in [9.17, 15) is 19.8 Å².